The van der Waals surface area contributed by atoms with Gasteiger partial charge in [-0.15, -0.1) is 0 Å². The van der Waals surface area contributed by atoms with Crippen LogP contribution in [0.2, 0.25) is 0 Å². The molecule has 0 saturated carbocycles. The van der Waals surface area contributed by atoms with Crippen LogP contribution < -0.4 is 26.3 Å². The van der Waals surface area contributed by atoms with Crippen LogP contribution in [0.5, 0.6) is 0 Å². The number of hydrogen-bond acceptors (Lipinski definition) is 3. The predicted octanol–water partition coefficient (Wildman–Crippen LogP) is 1.34. The monoisotopic (exact) mass is 486 g/mol. The molecule has 3 rings (SSSR count). The molecule has 1 amide bonds. The maximum atomic E-state index is 12.8. The molecule has 174 valence electrons. The summed E-state index contributed by atoms with van der Waals surface area (Å²) in [4.78, 5) is 32.0. The van der Waals surface area contributed by atoms with Crippen LogP contribution >= 0.6 is 15.0 Å². The Morgan fingerprint density at radius 1 is 0.879 bits per heavy atom. The van der Waals surface area contributed by atoms with Gasteiger partial charge in [-0.3, -0.25) is 0 Å². The predicted molar refractivity (Wildman–Crippen MR) is 135 cm³/mol. The normalized spacial score (nSPS) is 12.0. The third kappa shape index (κ3) is 6.28. The van der Waals surface area contributed by atoms with E-state index in [0.717, 1.165) is 20.8 Å². The van der Waals surface area contributed by atoms with Crippen molar-refractivity contribution in [3.63, 3.8) is 0 Å². The molecule has 0 aliphatic heterocycles. The second-order valence-corrected chi connectivity index (χ2v) is 12.8. The molecular weight excluding hydrogens is 458 g/mol. The number of carbonyl (C=O) groups is 1. The first kappa shape index (κ1) is 24.6. The average Bonchev–Trinajstić information content (AvgIpc) is 2.80. The molecule has 0 aliphatic carbocycles. The van der Waals surface area contributed by atoms with Crippen LogP contribution in [0.15, 0.2) is 91.0 Å². The van der Waals surface area contributed by atoms with Crippen molar-refractivity contribution in [3.05, 3.63) is 91.0 Å². The zero-order valence-corrected chi connectivity index (χ0v) is 20.1. The summed E-state index contributed by atoms with van der Waals surface area (Å²) in [7, 11) is -5.85. The summed E-state index contributed by atoms with van der Waals surface area (Å²) in [5.41, 5.74) is 0. The van der Waals surface area contributed by atoms with E-state index >= 15 is 0 Å². The van der Waals surface area contributed by atoms with E-state index in [1.54, 1.807) is 5.09 Å². The van der Waals surface area contributed by atoms with Crippen molar-refractivity contribution in [2.75, 3.05) is 19.9 Å². The van der Waals surface area contributed by atoms with Crippen LogP contribution in [0.3, 0.4) is 0 Å². The summed E-state index contributed by atoms with van der Waals surface area (Å²) >= 11 is 0. The molecule has 0 saturated heterocycles. The fourth-order valence-corrected chi connectivity index (χ4v) is 8.58. The van der Waals surface area contributed by atoms with Crippen molar-refractivity contribution >= 4 is 42.8 Å². The second-order valence-electron chi connectivity index (χ2n) is 7.64. The molecule has 0 spiro atoms. The Hall–Kier alpha value is -3.02. The van der Waals surface area contributed by atoms with Gasteiger partial charge in [0, 0.05) is 0 Å². The van der Waals surface area contributed by atoms with Gasteiger partial charge >= 0.3 is 194 Å². The molecule has 0 bridgehead atoms. The third-order valence-corrected chi connectivity index (χ3v) is 10.5. The van der Waals surface area contributed by atoms with Gasteiger partial charge in [0.1, 0.15) is 0 Å². The van der Waals surface area contributed by atoms with Crippen LogP contribution in [0.4, 0.5) is 0 Å². The quantitative estimate of drug-likeness (QED) is 0.186. The molecule has 33 heavy (non-hydrogen) atoms. The first-order chi connectivity index (χ1) is 15.7. The number of carbonyl (C=O) groups excluding carboxylic acids is 1. The first-order valence-corrected chi connectivity index (χ1v) is 14.1. The Morgan fingerprint density at radius 2 is 1.27 bits per heavy atom. The Kier molecular flexibility index (Phi) is 8.01. The van der Waals surface area contributed by atoms with Crippen LogP contribution in [0.1, 0.15) is 0 Å². The number of amides is 1. The number of hydrogen-bond donors (Lipinski definition) is 5. The van der Waals surface area contributed by atoms with E-state index < -0.39 is 21.0 Å². The first-order valence-electron chi connectivity index (χ1n) is 10.3. The molecule has 3 aromatic rings. The number of nitrogens with one attached hydrogen (secondary N) is 3. The molecule has 0 aliphatic rings. The summed E-state index contributed by atoms with van der Waals surface area (Å²) in [6, 6.07) is 30.4. The van der Waals surface area contributed by atoms with Crippen molar-refractivity contribution < 1.29 is 19.1 Å². The Morgan fingerprint density at radius 3 is 1.64 bits per heavy atom. The molecule has 0 unspecified atom stereocenters. The van der Waals surface area contributed by atoms with Crippen LogP contribution in [0, 0.1) is 5.41 Å². The van der Waals surface area contributed by atoms with Crippen LogP contribution in [0.25, 0.3) is 0 Å². The third-order valence-electron chi connectivity index (χ3n) is 5.36. The standard InChI is InChI=1S/C23H28N4O4P2/c1-27(23(24)26-33(29,30)31)17-22(28)25-18-32(19-11-5-2-6-12-19,20-13-7-3-8-14-20)21-15-9-4-10-16-21/h2-16,32H,17-18H2,1H3,(H,25,28)(H4,24,26,29,30,31). The number of nitrogens with zero attached hydrogens (tertiary/aromatic N) is 1. The Bertz CT molecular complexity index is 1030. The Balaban J connectivity index is 1.92. The molecular formula is C23H28N4O4P2. The van der Waals surface area contributed by atoms with E-state index in [2.05, 4.69) is 41.7 Å². The second kappa shape index (κ2) is 10.7. The zero-order chi connectivity index (χ0) is 23.9. The van der Waals surface area contributed by atoms with Gasteiger partial charge in [-0.1, -0.05) is 0 Å². The summed E-state index contributed by atoms with van der Waals surface area (Å²) in [5, 5.41) is 16.0. The Labute approximate surface area is 193 Å². The molecule has 0 atom stereocenters. The average molecular weight is 486 g/mol. The van der Waals surface area contributed by atoms with Gasteiger partial charge in [-0.2, -0.15) is 0 Å². The molecule has 0 aromatic heterocycles. The van der Waals surface area contributed by atoms with Gasteiger partial charge in [-0.05, 0) is 0 Å². The van der Waals surface area contributed by atoms with E-state index in [1.807, 2.05) is 54.6 Å². The molecule has 0 heterocycles. The molecule has 5 N–H and O–H groups in total. The number of benzene rings is 3. The topological polar surface area (TPSA) is 126 Å². The van der Waals surface area contributed by atoms with Crippen LogP contribution in [-0.2, 0) is 9.36 Å². The van der Waals surface area contributed by atoms with Gasteiger partial charge in [0.05, 0.1) is 0 Å². The molecule has 3 aromatic carbocycles. The van der Waals surface area contributed by atoms with Gasteiger partial charge in [-0.25, -0.2) is 0 Å². The summed E-state index contributed by atoms with van der Waals surface area (Å²) in [6.07, 6.45) is 0.386. The zero-order valence-electron chi connectivity index (χ0n) is 18.2. The molecule has 0 fully saturated rings. The number of likely N-dealkylation sites (N-methyl/N-ethyl adjacent to an activating group) is 1. The number of guanidine groups is 1. The van der Waals surface area contributed by atoms with E-state index in [-0.39, 0.29) is 12.5 Å². The minimum atomic E-state index is -4.62. The van der Waals surface area contributed by atoms with E-state index in [9.17, 15) is 9.36 Å². The van der Waals surface area contributed by atoms with Gasteiger partial charge in [0.2, 0.25) is 0 Å². The van der Waals surface area contributed by atoms with Crippen molar-refractivity contribution in [2.45, 2.75) is 0 Å². The SMILES string of the molecule is CN(CC(=O)NC[PH](c1ccccc1)(c1ccccc1)c1ccccc1)C(=N)NP(=O)(O)O. The fraction of sp³-hybridized carbons (Fsp3) is 0.130. The van der Waals surface area contributed by atoms with Crippen molar-refractivity contribution in [2.24, 2.45) is 0 Å². The molecule has 10 heteroatoms. The van der Waals surface area contributed by atoms with Crippen molar-refractivity contribution in [1.29, 1.82) is 5.41 Å². The summed E-state index contributed by atoms with van der Waals surface area (Å²) in [5.74, 6) is -0.884. The van der Waals surface area contributed by atoms with Crippen molar-refractivity contribution in [3.8, 4) is 0 Å². The van der Waals surface area contributed by atoms with Crippen LogP contribution in [-0.4, -0.2) is 46.4 Å². The van der Waals surface area contributed by atoms with Gasteiger partial charge < -0.3 is 0 Å². The fourth-order valence-electron chi connectivity index (χ4n) is 3.78. The van der Waals surface area contributed by atoms with Gasteiger partial charge in [0.25, 0.3) is 0 Å². The van der Waals surface area contributed by atoms with Crippen molar-refractivity contribution in [1.82, 2.24) is 15.3 Å². The number of rotatable bonds is 8. The summed E-state index contributed by atoms with van der Waals surface area (Å²) < 4.78 is 11.1. The molecule has 0 radical (unpaired) electrons. The van der Waals surface area contributed by atoms with Gasteiger partial charge in [0.15, 0.2) is 0 Å². The molecule has 8 nitrogen and oxygen atoms in total. The summed E-state index contributed by atoms with van der Waals surface area (Å²) in [6.45, 7) is -0.227. The maximum absolute atomic E-state index is 12.8. The van der Waals surface area contributed by atoms with E-state index in [1.165, 1.54) is 7.05 Å². The van der Waals surface area contributed by atoms with E-state index in [4.69, 9.17) is 15.2 Å². The minimum absolute atomic E-state index is 0.227. The van der Waals surface area contributed by atoms with E-state index in [0.29, 0.717) is 6.29 Å².